The Kier molecular flexibility index (Phi) is 2.44. The average molecular weight is 228 g/mol. The van der Waals surface area contributed by atoms with E-state index >= 15 is 0 Å². The van der Waals surface area contributed by atoms with Crippen molar-refractivity contribution in [3.8, 4) is 0 Å². The van der Waals surface area contributed by atoms with E-state index in [1.807, 2.05) is 24.3 Å². The standard InChI is InChI=1S/C13H16N4/c14-8-13(6-3-7-13)17-12-10-4-1-2-5-11(10)15-9-16-12/h1-2,4-5,9H,3,6-8,14H2,(H,15,16,17). The highest BCUT2D eigenvalue weighted by atomic mass is 15.1. The molecule has 0 spiro atoms. The molecular weight excluding hydrogens is 212 g/mol. The fourth-order valence-corrected chi connectivity index (χ4v) is 2.34. The summed E-state index contributed by atoms with van der Waals surface area (Å²) < 4.78 is 0. The summed E-state index contributed by atoms with van der Waals surface area (Å²) in [5, 5.41) is 4.57. The third-order valence-electron chi connectivity index (χ3n) is 3.63. The molecule has 4 heteroatoms. The molecule has 0 aliphatic heterocycles. The monoisotopic (exact) mass is 228 g/mol. The van der Waals surface area contributed by atoms with E-state index in [-0.39, 0.29) is 5.54 Å². The van der Waals surface area contributed by atoms with Crippen LogP contribution in [-0.4, -0.2) is 22.1 Å². The highest BCUT2D eigenvalue weighted by molar-refractivity contribution is 5.88. The lowest BCUT2D eigenvalue weighted by Crippen LogP contribution is -2.51. The Morgan fingerprint density at radius 3 is 2.76 bits per heavy atom. The van der Waals surface area contributed by atoms with Crippen molar-refractivity contribution in [1.82, 2.24) is 9.97 Å². The van der Waals surface area contributed by atoms with Crippen molar-refractivity contribution in [2.75, 3.05) is 11.9 Å². The molecule has 3 N–H and O–H groups in total. The molecular formula is C13H16N4. The van der Waals surface area contributed by atoms with E-state index in [2.05, 4.69) is 15.3 Å². The second-order valence-electron chi connectivity index (χ2n) is 4.70. The summed E-state index contributed by atoms with van der Waals surface area (Å²) in [6, 6.07) is 8.03. The Labute approximate surface area is 100 Å². The van der Waals surface area contributed by atoms with Crippen molar-refractivity contribution >= 4 is 16.7 Å². The summed E-state index contributed by atoms with van der Waals surface area (Å²) in [6.07, 6.45) is 5.10. The third kappa shape index (κ3) is 1.74. The van der Waals surface area contributed by atoms with Gasteiger partial charge >= 0.3 is 0 Å². The first kappa shape index (κ1) is 10.5. The van der Waals surface area contributed by atoms with E-state index < -0.39 is 0 Å². The maximum atomic E-state index is 5.85. The van der Waals surface area contributed by atoms with Gasteiger partial charge < -0.3 is 11.1 Å². The molecule has 0 atom stereocenters. The van der Waals surface area contributed by atoms with Gasteiger partial charge in [0.1, 0.15) is 12.1 Å². The zero-order valence-electron chi connectivity index (χ0n) is 9.69. The van der Waals surface area contributed by atoms with Crippen LogP contribution < -0.4 is 11.1 Å². The predicted molar refractivity (Wildman–Crippen MR) is 68.8 cm³/mol. The number of anilines is 1. The first-order valence-corrected chi connectivity index (χ1v) is 6.01. The van der Waals surface area contributed by atoms with Gasteiger partial charge in [-0.25, -0.2) is 9.97 Å². The van der Waals surface area contributed by atoms with Crippen LogP contribution in [-0.2, 0) is 0 Å². The minimum Gasteiger partial charge on any atom is -0.363 e. The van der Waals surface area contributed by atoms with Crippen LogP contribution in [0.15, 0.2) is 30.6 Å². The maximum absolute atomic E-state index is 5.85. The molecule has 1 heterocycles. The van der Waals surface area contributed by atoms with Gasteiger partial charge in [0.2, 0.25) is 0 Å². The summed E-state index contributed by atoms with van der Waals surface area (Å²) in [5.41, 5.74) is 6.88. The molecule has 0 radical (unpaired) electrons. The highest BCUT2D eigenvalue weighted by Gasteiger charge is 2.35. The van der Waals surface area contributed by atoms with Crippen LogP contribution in [0.3, 0.4) is 0 Å². The number of nitrogens with one attached hydrogen (secondary N) is 1. The first-order chi connectivity index (χ1) is 8.33. The van der Waals surface area contributed by atoms with Crippen LogP contribution >= 0.6 is 0 Å². The summed E-state index contributed by atoms with van der Waals surface area (Å²) in [7, 11) is 0. The van der Waals surface area contributed by atoms with Crippen molar-refractivity contribution in [3.63, 3.8) is 0 Å². The van der Waals surface area contributed by atoms with E-state index in [1.165, 1.54) is 6.42 Å². The Bertz CT molecular complexity index is 523. The molecule has 0 bridgehead atoms. The number of hydrogen-bond donors (Lipinski definition) is 2. The van der Waals surface area contributed by atoms with Crippen molar-refractivity contribution in [2.24, 2.45) is 5.73 Å². The third-order valence-corrected chi connectivity index (χ3v) is 3.63. The molecule has 0 amide bonds. The number of para-hydroxylation sites is 1. The lowest BCUT2D eigenvalue weighted by Gasteiger charge is -2.42. The normalized spacial score (nSPS) is 17.7. The number of aromatic nitrogens is 2. The van der Waals surface area contributed by atoms with Gasteiger partial charge in [-0.1, -0.05) is 12.1 Å². The number of rotatable bonds is 3. The molecule has 0 unspecified atom stereocenters. The van der Waals surface area contributed by atoms with Crippen molar-refractivity contribution in [1.29, 1.82) is 0 Å². The molecule has 2 aromatic rings. The Morgan fingerprint density at radius 1 is 1.24 bits per heavy atom. The average Bonchev–Trinajstić information content (AvgIpc) is 2.34. The van der Waals surface area contributed by atoms with Crippen molar-refractivity contribution < 1.29 is 0 Å². The molecule has 1 aliphatic carbocycles. The zero-order valence-corrected chi connectivity index (χ0v) is 9.69. The Morgan fingerprint density at radius 2 is 2.06 bits per heavy atom. The zero-order chi connectivity index (χ0) is 11.7. The quantitative estimate of drug-likeness (QED) is 0.842. The SMILES string of the molecule is NCC1(Nc2ncnc3ccccc23)CCC1. The molecule has 1 saturated carbocycles. The van der Waals surface area contributed by atoms with E-state index in [1.54, 1.807) is 6.33 Å². The van der Waals surface area contributed by atoms with Crippen molar-refractivity contribution in [2.45, 2.75) is 24.8 Å². The van der Waals surface area contributed by atoms with Gasteiger partial charge in [-0.15, -0.1) is 0 Å². The van der Waals surface area contributed by atoms with Gasteiger partial charge in [0, 0.05) is 11.9 Å². The van der Waals surface area contributed by atoms with Crippen LogP contribution in [0.1, 0.15) is 19.3 Å². The lowest BCUT2D eigenvalue weighted by atomic mass is 9.77. The summed E-state index contributed by atoms with van der Waals surface area (Å²) in [4.78, 5) is 8.60. The Balaban J connectivity index is 2.00. The fourth-order valence-electron chi connectivity index (χ4n) is 2.34. The Hall–Kier alpha value is -1.68. The molecule has 17 heavy (non-hydrogen) atoms. The fraction of sp³-hybridized carbons (Fsp3) is 0.385. The van der Waals surface area contributed by atoms with Crippen LogP contribution in [0.5, 0.6) is 0 Å². The minimum atomic E-state index is 0.0527. The largest absolute Gasteiger partial charge is 0.363 e. The number of nitrogens with two attached hydrogens (primary N) is 1. The predicted octanol–water partition coefficient (Wildman–Crippen LogP) is 1.92. The molecule has 1 fully saturated rings. The van der Waals surface area contributed by atoms with Crippen LogP contribution in [0.4, 0.5) is 5.82 Å². The second-order valence-corrected chi connectivity index (χ2v) is 4.70. The number of nitrogens with zero attached hydrogens (tertiary/aromatic N) is 2. The van der Waals surface area contributed by atoms with Gasteiger partial charge in [0.05, 0.1) is 11.1 Å². The summed E-state index contributed by atoms with van der Waals surface area (Å²) in [6.45, 7) is 0.658. The van der Waals surface area contributed by atoms with Crippen LogP contribution in [0, 0.1) is 0 Å². The maximum Gasteiger partial charge on any atom is 0.137 e. The van der Waals surface area contributed by atoms with Crippen LogP contribution in [0.2, 0.25) is 0 Å². The van der Waals surface area contributed by atoms with Gasteiger partial charge in [-0.05, 0) is 31.4 Å². The topological polar surface area (TPSA) is 63.8 Å². The molecule has 3 rings (SSSR count). The van der Waals surface area contributed by atoms with Crippen LogP contribution in [0.25, 0.3) is 10.9 Å². The highest BCUT2D eigenvalue weighted by Crippen LogP contribution is 2.35. The number of hydrogen-bond acceptors (Lipinski definition) is 4. The second kappa shape index (κ2) is 3.96. The smallest absolute Gasteiger partial charge is 0.137 e. The summed E-state index contributed by atoms with van der Waals surface area (Å²) in [5.74, 6) is 0.903. The van der Waals surface area contributed by atoms with Gasteiger partial charge in [0.25, 0.3) is 0 Å². The van der Waals surface area contributed by atoms with Gasteiger partial charge in [-0.3, -0.25) is 0 Å². The van der Waals surface area contributed by atoms with Gasteiger partial charge in [0.15, 0.2) is 0 Å². The van der Waals surface area contributed by atoms with E-state index in [0.717, 1.165) is 29.6 Å². The molecule has 4 nitrogen and oxygen atoms in total. The lowest BCUT2D eigenvalue weighted by molar-refractivity contribution is 0.287. The molecule has 0 saturated heterocycles. The molecule has 88 valence electrons. The number of fused-ring (bicyclic) bond motifs is 1. The van der Waals surface area contributed by atoms with E-state index in [0.29, 0.717) is 6.54 Å². The van der Waals surface area contributed by atoms with Gasteiger partial charge in [-0.2, -0.15) is 0 Å². The van der Waals surface area contributed by atoms with E-state index in [9.17, 15) is 0 Å². The molecule has 1 aliphatic rings. The number of benzene rings is 1. The summed E-state index contributed by atoms with van der Waals surface area (Å²) >= 11 is 0. The first-order valence-electron chi connectivity index (χ1n) is 6.01. The minimum absolute atomic E-state index is 0.0527. The van der Waals surface area contributed by atoms with E-state index in [4.69, 9.17) is 5.73 Å². The molecule has 1 aromatic heterocycles. The van der Waals surface area contributed by atoms with Crippen molar-refractivity contribution in [3.05, 3.63) is 30.6 Å². The molecule has 1 aromatic carbocycles.